The van der Waals surface area contributed by atoms with Crippen molar-refractivity contribution in [3.63, 3.8) is 0 Å². The number of hydrogen-bond donors (Lipinski definition) is 1. The first-order chi connectivity index (χ1) is 13.5. The van der Waals surface area contributed by atoms with Crippen molar-refractivity contribution in [2.75, 3.05) is 7.11 Å². The summed E-state index contributed by atoms with van der Waals surface area (Å²) in [5.74, 6) is -1.17. The monoisotopic (exact) mass is 378 g/mol. The van der Waals surface area contributed by atoms with Gasteiger partial charge in [-0.3, -0.25) is 14.9 Å². The van der Waals surface area contributed by atoms with E-state index in [-0.39, 0.29) is 17.7 Å². The summed E-state index contributed by atoms with van der Waals surface area (Å²) in [6.45, 7) is 0. The first kappa shape index (κ1) is 19.0. The molecule has 3 rings (SSSR count). The molecule has 142 valence electrons. The lowest BCUT2D eigenvalue weighted by Crippen LogP contribution is -2.43. The van der Waals surface area contributed by atoms with Crippen molar-refractivity contribution in [2.45, 2.75) is 12.5 Å². The van der Waals surface area contributed by atoms with E-state index < -0.39 is 22.8 Å². The lowest BCUT2D eigenvalue weighted by atomic mass is 9.98. The quantitative estimate of drug-likeness (QED) is 0.403. The van der Waals surface area contributed by atoms with E-state index in [9.17, 15) is 19.7 Å². The molecule has 0 bridgehead atoms. The molecular formula is C21H18N2O5. The lowest BCUT2D eigenvalue weighted by molar-refractivity contribution is -0.384. The molecule has 0 fully saturated rings. The molecule has 28 heavy (non-hydrogen) atoms. The molecule has 1 N–H and O–H groups in total. The number of esters is 1. The average molecular weight is 378 g/mol. The van der Waals surface area contributed by atoms with Crippen LogP contribution >= 0.6 is 0 Å². The number of amides is 1. The molecule has 0 saturated carbocycles. The molecule has 0 unspecified atom stereocenters. The summed E-state index contributed by atoms with van der Waals surface area (Å²) < 4.78 is 4.83. The van der Waals surface area contributed by atoms with Crippen LogP contribution in [0.2, 0.25) is 0 Å². The Kier molecular flexibility index (Phi) is 5.64. The molecule has 1 amide bonds. The van der Waals surface area contributed by atoms with Crippen LogP contribution in [0.5, 0.6) is 0 Å². The minimum absolute atomic E-state index is 0.0982. The van der Waals surface area contributed by atoms with Crippen molar-refractivity contribution >= 4 is 28.3 Å². The number of carbonyl (C=O) groups is 2. The van der Waals surface area contributed by atoms with Gasteiger partial charge < -0.3 is 10.1 Å². The zero-order chi connectivity index (χ0) is 20.1. The molecule has 0 radical (unpaired) electrons. The third kappa shape index (κ3) is 4.15. The van der Waals surface area contributed by atoms with Gasteiger partial charge in [0.15, 0.2) is 0 Å². The highest BCUT2D eigenvalue weighted by Gasteiger charge is 2.24. The van der Waals surface area contributed by atoms with Crippen molar-refractivity contribution < 1.29 is 19.2 Å². The summed E-state index contributed by atoms with van der Waals surface area (Å²) in [6, 6.07) is 17.9. The maximum Gasteiger partial charge on any atom is 0.328 e. The number of hydrogen-bond acceptors (Lipinski definition) is 5. The number of nitro benzene ring substituents is 1. The number of fused-ring (bicyclic) bond motifs is 1. The zero-order valence-corrected chi connectivity index (χ0v) is 15.1. The van der Waals surface area contributed by atoms with Gasteiger partial charge in [0.1, 0.15) is 6.04 Å². The Morgan fingerprint density at radius 3 is 2.54 bits per heavy atom. The lowest BCUT2D eigenvalue weighted by Gasteiger charge is -2.18. The standard InChI is InChI=1S/C21H18N2O5/c1-28-21(25)19(13-15-8-4-7-14-6-2-3-11-18(14)15)22-20(24)16-9-5-10-17(12-16)23(26)27/h2-12,19H,13H2,1H3,(H,22,24)/t19-/m0/s1. The van der Waals surface area contributed by atoms with Crippen LogP contribution in [0.4, 0.5) is 5.69 Å². The number of benzene rings is 3. The van der Waals surface area contributed by atoms with Gasteiger partial charge in [-0.15, -0.1) is 0 Å². The highest BCUT2D eigenvalue weighted by atomic mass is 16.6. The number of rotatable bonds is 6. The first-order valence-electron chi connectivity index (χ1n) is 8.59. The number of carbonyl (C=O) groups excluding carboxylic acids is 2. The van der Waals surface area contributed by atoms with Gasteiger partial charge in [0.05, 0.1) is 12.0 Å². The van der Waals surface area contributed by atoms with E-state index >= 15 is 0 Å². The summed E-state index contributed by atoms with van der Waals surface area (Å²) in [7, 11) is 1.25. The molecule has 0 aromatic heterocycles. The second kappa shape index (κ2) is 8.30. The van der Waals surface area contributed by atoms with Crippen molar-refractivity contribution in [3.8, 4) is 0 Å². The van der Waals surface area contributed by atoms with Gasteiger partial charge in [0, 0.05) is 24.1 Å². The summed E-state index contributed by atoms with van der Waals surface area (Å²) in [4.78, 5) is 35.2. The molecule has 7 heteroatoms. The van der Waals surface area contributed by atoms with E-state index in [1.807, 2.05) is 42.5 Å². The largest absolute Gasteiger partial charge is 0.467 e. The third-order valence-electron chi connectivity index (χ3n) is 4.41. The Morgan fingerprint density at radius 1 is 1.07 bits per heavy atom. The second-order valence-electron chi connectivity index (χ2n) is 6.20. The predicted molar refractivity (Wildman–Crippen MR) is 104 cm³/mol. The van der Waals surface area contributed by atoms with Crippen molar-refractivity contribution in [1.82, 2.24) is 5.32 Å². The van der Waals surface area contributed by atoms with Gasteiger partial charge in [-0.2, -0.15) is 0 Å². The molecule has 0 aliphatic rings. The Morgan fingerprint density at radius 2 is 1.79 bits per heavy atom. The van der Waals surface area contributed by atoms with Crippen LogP contribution < -0.4 is 5.32 Å². The van der Waals surface area contributed by atoms with Crippen LogP contribution in [-0.2, 0) is 16.0 Å². The number of nitro groups is 1. The van der Waals surface area contributed by atoms with E-state index in [1.54, 1.807) is 0 Å². The SMILES string of the molecule is COC(=O)[C@H](Cc1cccc2ccccc12)NC(=O)c1cccc([N+](=O)[O-])c1. The normalized spacial score (nSPS) is 11.6. The summed E-state index contributed by atoms with van der Waals surface area (Å²) in [5, 5.41) is 15.5. The molecular weight excluding hydrogens is 360 g/mol. The van der Waals surface area contributed by atoms with Gasteiger partial charge in [-0.25, -0.2) is 4.79 Å². The highest BCUT2D eigenvalue weighted by Crippen LogP contribution is 2.20. The maximum atomic E-state index is 12.6. The number of methoxy groups -OCH3 is 1. The van der Waals surface area contributed by atoms with Gasteiger partial charge in [-0.1, -0.05) is 48.5 Å². The van der Waals surface area contributed by atoms with Crippen LogP contribution in [0.25, 0.3) is 10.8 Å². The Hall–Kier alpha value is -3.74. The zero-order valence-electron chi connectivity index (χ0n) is 15.1. The van der Waals surface area contributed by atoms with E-state index in [4.69, 9.17) is 4.74 Å². The molecule has 0 saturated heterocycles. The smallest absolute Gasteiger partial charge is 0.328 e. The fourth-order valence-corrected chi connectivity index (χ4v) is 3.03. The summed E-state index contributed by atoms with van der Waals surface area (Å²) in [5.41, 5.74) is 0.783. The topological polar surface area (TPSA) is 98.5 Å². The molecule has 3 aromatic rings. The molecule has 0 heterocycles. The van der Waals surface area contributed by atoms with E-state index in [1.165, 1.54) is 31.4 Å². The van der Waals surface area contributed by atoms with Gasteiger partial charge in [0.25, 0.3) is 11.6 Å². The van der Waals surface area contributed by atoms with E-state index in [0.717, 1.165) is 16.3 Å². The first-order valence-corrected chi connectivity index (χ1v) is 8.59. The van der Waals surface area contributed by atoms with Crippen LogP contribution in [0, 0.1) is 10.1 Å². The van der Waals surface area contributed by atoms with Crippen LogP contribution in [0.3, 0.4) is 0 Å². The van der Waals surface area contributed by atoms with Crippen LogP contribution in [0.15, 0.2) is 66.7 Å². The second-order valence-corrected chi connectivity index (χ2v) is 6.20. The summed E-state index contributed by atoms with van der Waals surface area (Å²) in [6.07, 6.45) is 0.231. The van der Waals surface area contributed by atoms with Gasteiger partial charge in [0.2, 0.25) is 0 Å². The molecule has 1 atom stereocenters. The molecule has 7 nitrogen and oxygen atoms in total. The van der Waals surface area contributed by atoms with Gasteiger partial charge in [-0.05, 0) is 22.4 Å². The van der Waals surface area contributed by atoms with E-state index in [2.05, 4.69) is 5.32 Å². The molecule has 3 aromatic carbocycles. The summed E-state index contributed by atoms with van der Waals surface area (Å²) >= 11 is 0. The highest BCUT2D eigenvalue weighted by molar-refractivity contribution is 5.97. The Bertz CT molecular complexity index is 1040. The van der Waals surface area contributed by atoms with Crippen molar-refractivity contribution in [2.24, 2.45) is 0 Å². The fourth-order valence-electron chi connectivity index (χ4n) is 3.03. The number of nitrogens with zero attached hydrogens (tertiary/aromatic N) is 1. The number of ether oxygens (including phenoxy) is 1. The van der Waals surface area contributed by atoms with Crippen molar-refractivity contribution in [3.05, 3.63) is 88.0 Å². The van der Waals surface area contributed by atoms with Crippen molar-refractivity contribution in [1.29, 1.82) is 0 Å². The minimum Gasteiger partial charge on any atom is -0.467 e. The maximum absolute atomic E-state index is 12.6. The predicted octanol–water partition coefficient (Wildman–Crippen LogP) is 3.26. The number of nitrogens with one attached hydrogen (secondary N) is 1. The van der Waals surface area contributed by atoms with Crippen LogP contribution in [-0.4, -0.2) is 30.0 Å². The number of non-ortho nitro benzene ring substituents is 1. The van der Waals surface area contributed by atoms with Crippen LogP contribution in [0.1, 0.15) is 15.9 Å². The fraction of sp³-hybridized carbons (Fsp3) is 0.143. The molecule has 0 spiro atoms. The van der Waals surface area contributed by atoms with E-state index in [0.29, 0.717) is 0 Å². The Balaban J connectivity index is 1.86. The molecule has 0 aliphatic heterocycles. The van der Waals surface area contributed by atoms with Gasteiger partial charge >= 0.3 is 5.97 Å². The molecule has 0 aliphatic carbocycles. The average Bonchev–Trinajstić information content (AvgIpc) is 2.72. The third-order valence-corrected chi connectivity index (χ3v) is 4.41. The Labute approximate surface area is 161 Å². The minimum atomic E-state index is -0.928.